The number of hydrogen-bond donors (Lipinski definition) is 1. The van der Waals surface area contributed by atoms with Crippen molar-refractivity contribution < 1.29 is 9.18 Å². The summed E-state index contributed by atoms with van der Waals surface area (Å²) >= 11 is 0. The number of amides is 2. The van der Waals surface area contributed by atoms with Gasteiger partial charge in [0.15, 0.2) is 0 Å². The van der Waals surface area contributed by atoms with Crippen molar-refractivity contribution in [2.45, 2.75) is 32.7 Å². The van der Waals surface area contributed by atoms with Gasteiger partial charge in [0, 0.05) is 19.6 Å². The number of rotatable bonds is 5. The van der Waals surface area contributed by atoms with E-state index < -0.39 is 0 Å². The minimum absolute atomic E-state index is 0.0729. The van der Waals surface area contributed by atoms with Crippen molar-refractivity contribution in [3.8, 4) is 0 Å². The maximum Gasteiger partial charge on any atom is 0.317 e. The number of halogens is 1. The van der Waals surface area contributed by atoms with Crippen LogP contribution in [0.3, 0.4) is 0 Å². The highest BCUT2D eigenvalue weighted by molar-refractivity contribution is 5.74. The average molecular weight is 290 g/mol. The minimum atomic E-state index is -0.266. The second kappa shape index (κ2) is 7.81. The van der Waals surface area contributed by atoms with Gasteiger partial charge in [-0.3, -0.25) is 0 Å². The average Bonchev–Trinajstić information content (AvgIpc) is 2.51. The molecule has 1 unspecified atom stereocenters. The van der Waals surface area contributed by atoms with Gasteiger partial charge in [-0.15, -0.1) is 0 Å². The summed E-state index contributed by atoms with van der Waals surface area (Å²) in [5.41, 5.74) is 0.813. The molecular weight excluding hydrogens is 267 g/mol. The van der Waals surface area contributed by atoms with Crippen molar-refractivity contribution in [1.82, 2.24) is 10.2 Å². The third-order valence-corrected chi connectivity index (χ3v) is 3.85. The number of nitrogens with one attached hydrogen (secondary N) is 1. The summed E-state index contributed by atoms with van der Waals surface area (Å²) < 4.78 is 13.2. The lowest BCUT2D eigenvalue weighted by Gasteiger charge is -2.24. The Hall–Kier alpha value is -1.84. The summed E-state index contributed by atoms with van der Waals surface area (Å²) in [6.45, 7) is 3.68. The van der Waals surface area contributed by atoms with Gasteiger partial charge in [0.25, 0.3) is 0 Å². The third-order valence-electron chi connectivity index (χ3n) is 3.85. The molecule has 0 spiro atoms. The van der Waals surface area contributed by atoms with Gasteiger partial charge in [-0.25, -0.2) is 9.18 Å². The highest BCUT2D eigenvalue weighted by atomic mass is 19.1. The first-order valence-corrected chi connectivity index (χ1v) is 7.61. The van der Waals surface area contributed by atoms with Gasteiger partial charge in [-0.05, 0) is 49.8 Å². The third kappa shape index (κ3) is 4.88. The highest BCUT2D eigenvalue weighted by Crippen LogP contribution is 2.17. The standard InChI is InChI=1S/C17H23FN2O/c1-2-20(13-15-9-6-10-16(18)11-15)17(21)19-12-14-7-4-3-5-8-14/h3-4,6,9-11,14H,2,5,7-8,12-13H2,1H3,(H,19,21). The van der Waals surface area contributed by atoms with Crippen LogP contribution in [0.25, 0.3) is 0 Å². The topological polar surface area (TPSA) is 32.3 Å². The fraction of sp³-hybridized carbons (Fsp3) is 0.471. The summed E-state index contributed by atoms with van der Waals surface area (Å²) in [7, 11) is 0. The highest BCUT2D eigenvalue weighted by Gasteiger charge is 2.15. The van der Waals surface area contributed by atoms with E-state index in [0.717, 1.165) is 24.8 Å². The molecule has 0 aliphatic heterocycles. The van der Waals surface area contributed by atoms with Crippen molar-refractivity contribution in [2.75, 3.05) is 13.1 Å². The molecule has 0 aromatic heterocycles. The Balaban J connectivity index is 1.84. The van der Waals surface area contributed by atoms with E-state index in [1.807, 2.05) is 13.0 Å². The first-order chi connectivity index (χ1) is 10.2. The van der Waals surface area contributed by atoms with E-state index in [1.54, 1.807) is 11.0 Å². The molecule has 0 radical (unpaired) electrons. The molecule has 0 saturated carbocycles. The van der Waals surface area contributed by atoms with Crippen LogP contribution in [0.15, 0.2) is 36.4 Å². The molecule has 2 amide bonds. The Bertz CT molecular complexity index is 501. The molecule has 1 N–H and O–H groups in total. The van der Waals surface area contributed by atoms with Crippen LogP contribution in [0.1, 0.15) is 31.7 Å². The molecule has 0 fully saturated rings. The van der Waals surface area contributed by atoms with Gasteiger partial charge in [-0.2, -0.15) is 0 Å². The van der Waals surface area contributed by atoms with Gasteiger partial charge < -0.3 is 10.2 Å². The van der Waals surface area contributed by atoms with Crippen LogP contribution < -0.4 is 5.32 Å². The van der Waals surface area contributed by atoms with Gasteiger partial charge in [0.05, 0.1) is 0 Å². The molecule has 4 heteroatoms. The van der Waals surface area contributed by atoms with Gasteiger partial charge in [0.1, 0.15) is 5.82 Å². The molecule has 3 nitrogen and oxygen atoms in total. The molecule has 2 rings (SSSR count). The number of nitrogens with zero attached hydrogens (tertiary/aromatic N) is 1. The van der Waals surface area contributed by atoms with Crippen LogP contribution in [-0.4, -0.2) is 24.0 Å². The minimum Gasteiger partial charge on any atom is -0.338 e. The van der Waals surface area contributed by atoms with Crippen molar-refractivity contribution in [1.29, 1.82) is 0 Å². The summed E-state index contributed by atoms with van der Waals surface area (Å²) in [5, 5.41) is 3.00. The van der Waals surface area contributed by atoms with E-state index in [2.05, 4.69) is 17.5 Å². The van der Waals surface area contributed by atoms with Crippen LogP contribution in [-0.2, 0) is 6.54 Å². The first kappa shape index (κ1) is 15.5. The Labute approximate surface area is 125 Å². The monoisotopic (exact) mass is 290 g/mol. The summed E-state index contributed by atoms with van der Waals surface area (Å²) in [4.78, 5) is 13.9. The molecule has 0 heterocycles. The lowest BCUT2D eigenvalue weighted by molar-refractivity contribution is 0.195. The van der Waals surface area contributed by atoms with Crippen LogP contribution in [0.2, 0.25) is 0 Å². The lowest BCUT2D eigenvalue weighted by atomic mass is 9.94. The predicted octanol–water partition coefficient (Wildman–Crippen LogP) is 3.71. The zero-order valence-electron chi connectivity index (χ0n) is 12.5. The van der Waals surface area contributed by atoms with E-state index in [1.165, 1.54) is 12.1 Å². The fourth-order valence-electron chi connectivity index (χ4n) is 2.57. The summed E-state index contributed by atoms with van der Waals surface area (Å²) in [5.74, 6) is 0.268. The van der Waals surface area contributed by atoms with Crippen LogP contribution in [0.5, 0.6) is 0 Å². The fourth-order valence-corrected chi connectivity index (χ4v) is 2.57. The number of allylic oxidation sites excluding steroid dienone is 2. The van der Waals surface area contributed by atoms with Gasteiger partial charge >= 0.3 is 6.03 Å². The Morgan fingerprint density at radius 1 is 1.43 bits per heavy atom. The number of urea groups is 1. The van der Waals surface area contributed by atoms with E-state index in [0.29, 0.717) is 25.6 Å². The number of hydrogen-bond acceptors (Lipinski definition) is 1. The maximum absolute atomic E-state index is 13.2. The first-order valence-electron chi connectivity index (χ1n) is 7.61. The maximum atomic E-state index is 13.2. The molecule has 1 aromatic carbocycles. The SMILES string of the molecule is CCN(Cc1cccc(F)c1)C(=O)NCC1CC=CCC1. The molecule has 21 heavy (non-hydrogen) atoms. The van der Waals surface area contributed by atoms with Gasteiger partial charge in [-0.1, -0.05) is 24.3 Å². The molecular formula is C17H23FN2O. The second-order valence-corrected chi connectivity index (χ2v) is 5.48. The van der Waals surface area contributed by atoms with E-state index in [-0.39, 0.29) is 11.8 Å². The van der Waals surface area contributed by atoms with E-state index in [9.17, 15) is 9.18 Å². The molecule has 0 bridgehead atoms. The lowest BCUT2D eigenvalue weighted by Crippen LogP contribution is -2.41. The van der Waals surface area contributed by atoms with E-state index >= 15 is 0 Å². The molecule has 1 aliphatic carbocycles. The van der Waals surface area contributed by atoms with Crippen molar-refractivity contribution in [3.63, 3.8) is 0 Å². The van der Waals surface area contributed by atoms with Gasteiger partial charge in [0.2, 0.25) is 0 Å². The smallest absolute Gasteiger partial charge is 0.317 e. The molecule has 1 atom stereocenters. The van der Waals surface area contributed by atoms with Crippen LogP contribution >= 0.6 is 0 Å². The van der Waals surface area contributed by atoms with Crippen molar-refractivity contribution >= 4 is 6.03 Å². The normalized spacial score (nSPS) is 17.5. The Morgan fingerprint density at radius 2 is 2.29 bits per heavy atom. The summed E-state index contributed by atoms with van der Waals surface area (Å²) in [6.07, 6.45) is 7.65. The molecule has 1 aliphatic rings. The molecule has 0 saturated heterocycles. The zero-order valence-corrected chi connectivity index (χ0v) is 12.5. The van der Waals surface area contributed by atoms with Crippen LogP contribution in [0.4, 0.5) is 9.18 Å². The number of carbonyl (C=O) groups excluding carboxylic acids is 1. The van der Waals surface area contributed by atoms with Crippen LogP contribution in [0, 0.1) is 11.7 Å². The molecule has 1 aromatic rings. The molecule has 114 valence electrons. The predicted molar refractivity (Wildman–Crippen MR) is 82.4 cm³/mol. The summed E-state index contributed by atoms with van der Waals surface area (Å²) in [6, 6.07) is 6.32. The van der Waals surface area contributed by atoms with Crippen molar-refractivity contribution in [2.24, 2.45) is 5.92 Å². The largest absolute Gasteiger partial charge is 0.338 e. The van der Waals surface area contributed by atoms with E-state index in [4.69, 9.17) is 0 Å². The second-order valence-electron chi connectivity index (χ2n) is 5.48. The Kier molecular flexibility index (Phi) is 5.78. The number of benzene rings is 1. The quantitative estimate of drug-likeness (QED) is 0.824. The number of carbonyl (C=O) groups is 1. The zero-order chi connectivity index (χ0) is 15.1. The Morgan fingerprint density at radius 3 is 2.95 bits per heavy atom. The van der Waals surface area contributed by atoms with Crippen molar-refractivity contribution in [3.05, 3.63) is 47.8 Å².